The Morgan fingerprint density at radius 3 is 2.61 bits per heavy atom. The predicted molar refractivity (Wildman–Crippen MR) is 145 cm³/mol. The maximum absolute atomic E-state index is 14.6. The highest BCUT2D eigenvalue weighted by atomic mass is 35.5. The van der Waals surface area contributed by atoms with Gasteiger partial charge in [0, 0.05) is 62.3 Å². The number of hydrogen-bond donors (Lipinski definition) is 1. The van der Waals surface area contributed by atoms with Crippen molar-refractivity contribution in [3.05, 3.63) is 60.0 Å². The fourth-order valence-electron chi connectivity index (χ4n) is 4.51. The van der Waals surface area contributed by atoms with Gasteiger partial charge in [0.15, 0.2) is 0 Å². The van der Waals surface area contributed by atoms with Gasteiger partial charge in [0.05, 0.1) is 28.7 Å². The molecule has 0 fully saturated rings. The molecule has 0 radical (unpaired) electrons. The summed E-state index contributed by atoms with van der Waals surface area (Å²) >= 11 is 6.69. The van der Waals surface area contributed by atoms with Crippen molar-refractivity contribution in [3.8, 4) is 16.9 Å². The molecule has 0 saturated heterocycles. The van der Waals surface area contributed by atoms with Gasteiger partial charge >= 0.3 is 0 Å². The van der Waals surface area contributed by atoms with Gasteiger partial charge in [-0.1, -0.05) is 24.2 Å². The summed E-state index contributed by atoms with van der Waals surface area (Å²) in [5.41, 5.74) is 3.06. The molecule has 0 atom stereocenters. The van der Waals surface area contributed by atoms with Crippen LogP contribution >= 0.6 is 11.6 Å². The molecule has 0 saturated carbocycles. The molecule has 0 bridgehead atoms. The van der Waals surface area contributed by atoms with Crippen molar-refractivity contribution in [1.82, 2.24) is 14.8 Å². The number of hydrogen-bond acceptors (Lipinski definition) is 6. The molecular formula is C27H31ClFN5O2. The minimum atomic E-state index is -0.555. The SMILES string of the molecule is C=CC(=O)N(C)CCN1CCN(CCN(C)C)c2cnc3cc(-c4c(O)cccc4F)c(Cl)cc3c21. The predicted octanol–water partition coefficient (Wildman–Crippen LogP) is 4.23. The smallest absolute Gasteiger partial charge is 0.245 e. The van der Waals surface area contributed by atoms with E-state index in [4.69, 9.17) is 16.6 Å². The molecule has 2 heterocycles. The average Bonchev–Trinajstić information content (AvgIpc) is 2.85. The molecule has 4 rings (SSSR count). The van der Waals surface area contributed by atoms with Crippen LogP contribution in [0.25, 0.3) is 22.0 Å². The molecule has 3 aromatic rings. The quantitative estimate of drug-likeness (QED) is 0.457. The van der Waals surface area contributed by atoms with Gasteiger partial charge in [0.2, 0.25) is 5.91 Å². The number of aromatic hydroxyl groups is 1. The highest BCUT2D eigenvalue weighted by molar-refractivity contribution is 6.34. The third-order valence-corrected chi connectivity index (χ3v) is 6.85. The van der Waals surface area contributed by atoms with E-state index in [-0.39, 0.29) is 17.2 Å². The van der Waals surface area contributed by atoms with Crippen molar-refractivity contribution < 1.29 is 14.3 Å². The summed E-state index contributed by atoms with van der Waals surface area (Å²) < 4.78 is 14.6. The normalized spacial score (nSPS) is 13.3. The second-order valence-electron chi connectivity index (χ2n) is 9.22. The summed E-state index contributed by atoms with van der Waals surface area (Å²) in [5.74, 6) is -0.863. The van der Waals surface area contributed by atoms with E-state index >= 15 is 0 Å². The lowest BCUT2D eigenvalue weighted by Crippen LogP contribution is -2.46. The van der Waals surface area contributed by atoms with Crippen molar-refractivity contribution in [2.45, 2.75) is 0 Å². The number of halogens is 2. The molecule has 1 aliphatic heterocycles. The van der Waals surface area contributed by atoms with Crippen LogP contribution < -0.4 is 9.80 Å². The summed E-state index contributed by atoms with van der Waals surface area (Å²) in [4.78, 5) is 25.1. The molecule has 36 heavy (non-hydrogen) atoms. The number of rotatable bonds is 8. The minimum absolute atomic E-state index is 0.0537. The van der Waals surface area contributed by atoms with Crippen LogP contribution in [0, 0.1) is 5.82 Å². The van der Waals surface area contributed by atoms with Crippen molar-refractivity contribution in [3.63, 3.8) is 0 Å². The number of phenolic OH excluding ortho intramolecular Hbond substituents is 1. The number of pyridine rings is 1. The Kier molecular flexibility index (Phi) is 7.66. The molecule has 1 amide bonds. The van der Waals surface area contributed by atoms with Crippen molar-refractivity contribution in [1.29, 1.82) is 0 Å². The monoisotopic (exact) mass is 511 g/mol. The Labute approximate surface area is 216 Å². The third kappa shape index (κ3) is 5.10. The first kappa shape index (κ1) is 25.7. The standard InChI is InChI=1S/C27H31ClFN5O2/c1-5-25(36)32(4)10-12-34-14-13-33(11-9-31(2)3)23-17-30-22-16-18(20(28)15-19(22)27(23)34)26-21(29)7-6-8-24(26)35/h5-8,15-17,35H,1,9-14H2,2-4H3. The molecule has 2 aromatic carbocycles. The maximum Gasteiger partial charge on any atom is 0.245 e. The summed E-state index contributed by atoms with van der Waals surface area (Å²) in [7, 11) is 5.84. The summed E-state index contributed by atoms with van der Waals surface area (Å²) in [5, 5.41) is 11.5. The first-order valence-corrected chi connectivity index (χ1v) is 12.2. The maximum atomic E-state index is 14.6. The number of amides is 1. The summed E-state index contributed by atoms with van der Waals surface area (Å²) in [6, 6.07) is 7.70. The van der Waals surface area contributed by atoms with Gasteiger partial charge in [0.1, 0.15) is 11.6 Å². The fraction of sp³-hybridized carbons (Fsp3) is 0.333. The van der Waals surface area contributed by atoms with Crippen molar-refractivity contribution >= 4 is 39.8 Å². The van der Waals surface area contributed by atoms with Crippen molar-refractivity contribution in [2.75, 3.05) is 70.2 Å². The molecule has 9 heteroatoms. The van der Waals surface area contributed by atoms with E-state index < -0.39 is 5.82 Å². The first-order chi connectivity index (χ1) is 17.2. The lowest BCUT2D eigenvalue weighted by atomic mass is 10.00. The van der Waals surface area contributed by atoms with Crippen LogP contribution in [0.15, 0.2) is 49.2 Å². The van der Waals surface area contributed by atoms with Crippen molar-refractivity contribution in [2.24, 2.45) is 0 Å². The number of fused-ring (bicyclic) bond motifs is 3. The second kappa shape index (κ2) is 10.7. The van der Waals surface area contributed by atoms with E-state index in [9.17, 15) is 14.3 Å². The zero-order valence-electron chi connectivity index (χ0n) is 20.8. The van der Waals surface area contributed by atoms with Crippen LogP contribution in [-0.2, 0) is 4.79 Å². The number of benzene rings is 2. The lowest BCUT2D eigenvalue weighted by molar-refractivity contribution is -0.124. The molecule has 1 aliphatic rings. The number of nitrogens with zero attached hydrogens (tertiary/aromatic N) is 5. The topological polar surface area (TPSA) is 63.2 Å². The Morgan fingerprint density at radius 1 is 1.19 bits per heavy atom. The summed E-state index contributed by atoms with van der Waals surface area (Å²) in [6.07, 6.45) is 3.16. The zero-order valence-corrected chi connectivity index (χ0v) is 21.6. The number of phenols is 1. The van der Waals surface area contributed by atoms with E-state index in [1.54, 1.807) is 24.1 Å². The Balaban J connectivity index is 1.81. The van der Waals surface area contributed by atoms with Crippen LogP contribution in [0.3, 0.4) is 0 Å². The van der Waals surface area contributed by atoms with Crippen LogP contribution in [-0.4, -0.2) is 86.2 Å². The van der Waals surface area contributed by atoms with Crippen LogP contribution in [0.5, 0.6) is 5.75 Å². The lowest BCUT2D eigenvalue weighted by Gasteiger charge is -2.40. The van der Waals surface area contributed by atoms with Gasteiger partial charge in [-0.2, -0.15) is 0 Å². The molecule has 0 unspecified atom stereocenters. The number of carbonyl (C=O) groups excluding carboxylic acids is 1. The van der Waals surface area contributed by atoms with E-state index in [2.05, 4.69) is 21.3 Å². The molecule has 190 valence electrons. The van der Waals surface area contributed by atoms with Gasteiger partial charge in [-0.05, 0) is 44.4 Å². The van der Waals surface area contributed by atoms with Gasteiger partial charge in [-0.15, -0.1) is 0 Å². The van der Waals surface area contributed by atoms with Crippen LogP contribution in [0.2, 0.25) is 5.02 Å². The number of aromatic nitrogens is 1. The number of likely N-dealkylation sites (N-methyl/N-ethyl adjacent to an activating group) is 2. The molecule has 1 N–H and O–H groups in total. The van der Waals surface area contributed by atoms with Crippen LogP contribution in [0.1, 0.15) is 0 Å². The summed E-state index contributed by atoms with van der Waals surface area (Å²) in [6.45, 7) is 8.04. The Hall–Kier alpha value is -3.36. The highest BCUT2D eigenvalue weighted by Gasteiger charge is 2.27. The molecule has 7 nitrogen and oxygen atoms in total. The highest BCUT2D eigenvalue weighted by Crippen LogP contribution is 2.43. The van der Waals surface area contributed by atoms with E-state index in [1.807, 2.05) is 20.3 Å². The van der Waals surface area contributed by atoms with E-state index in [1.165, 1.54) is 24.3 Å². The van der Waals surface area contributed by atoms with E-state index in [0.29, 0.717) is 29.2 Å². The Morgan fingerprint density at radius 2 is 1.92 bits per heavy atom. The zero-order chi connectivity index (χ0) is 26.0. The van der Waals surface area contributed by atoms with Gasteiger partial charge in [0.25, 0.3) is 0 Å². The van der Waals surface area contributed by atoms with Gasteiger partial charge in [-0.3, -0.25) is 9.78 Å². The number of anilines is 2. The molecule has 1 aromatic heterocycles. The average molecular weight is 512 g/mol. The first-order valence-electron chi connectivity index (χ1n) is 11.8. The minimum Gasteiger partial charge on any atom is -0.507 e. The van der Waals surface area contributed by atoms with Gasteiger partial charge < -0.3 is 24.7 Å². The van der Waals surface area contributed by atoms with Gasteiger partial charge in [-0.25, -0.2) is 4.39 Å². The largest absolute Gasteiger partial charge is 0.507 e. The fourth-order valence-corrected chi connectivity index (χ4v) is 4.77. The molecule has 0 aliphatic carbocycles. The molecule has 0 spiro atoms. The van der Waals surface area contributed by atoms with E-state index in [0.717, 1.165) is 42.9 Å². The molecular weight excluding hydrogens is 481 g/mol. The number of carbonyl (C=O) groups is 1. The van der Waals surface area contributed by atoms with Crippen LogP contribution in [0.4, 0.5) is 15.8 Å². The second-order valence-corrected chi connectivity index (χ2v) is 9.62. The third-order valence-electron chi connectivity index (χ3n) is 6.54. The Bertz CT molecular complexity index is 1280.